The van der Waals surface area contributed by atoms with E-state index in [0.29, 0.717) is 19.6 Å². The van der Waals surface area contributed by atoms with Crippen molar-refractivity contribution in [3.63, 3.8) is 0 Å². The summed E-state index contributed by atoms with van der Waals surface area (Å²) in [6, 6.07) is 9.60. The summed E-state index contributed by atoms with van der Waals surface area (Å²) in [4.78, 5) is 12.0. The fourth-order valence-electron chi connectivity index (χ4n) is 2.64. The second-order valence-corrected chi connectivity index (χ2v) is 6.00. The van der Waals surface area contributed by atoms with Crippen LogP contribution in [0.3, 0.4) is 0 Å². The van der Waals surface area contributed by atoms with Gasteiger partial charge in [0.15, 0.2) is 0 Å². The van der Waals surface area contributed by atoms with E-state index >= 15 is 0 Å². The Kier molecular flexibility index (Phi) is 5.62. The van der Waals surface area contributed by atoms with E-state index in [9.17, 15) is 9.90 Å². The monoisotopic (exact) mass is 291 g/mol. The molecule has 0 spiro atoms. The second-order valence-electron chi connectivity index (χ2n) is 6.00. The van der Waals surface area contributed by atoms with Crippen molar-refractivity contribution in [3.05, 3.63) is 30.3 Å². The molecule has 2 rings (SSSR count). The summed E-state index contributed by atoms with van der Waals surface area (Å²) in [5.74, 6) is 0.705. The standard InChI is InChI=1S/C17H25NO3/c1-14(9-12-21-15-7-3-2-4-8-15)16(19)18-13-17(20)10-5-6-11-17/h2-4,7-8,14,20H,5-6,9-13H2,1H3,(H,18,19). The van der Waals surface area contributed by atoms with Gasteiger partial charge in [0.2, 0.25) is 5.91 Å². The number of para-hydroxylation sites is 1. The molecule has 1 unspecified atom stereocenters. The summed E-state index contributed by atoms with van der Waals surface area (Å²) in [6.07, 6.45) is 4.34. The van der Waals surface area contributed by atoms with Gasteiger partial charge in [0.05, 0.1) is 12.2 Å². The first kappa shape index (κ1) is 15.8. The third-order valence-electron chi connectivity index (χ3n) is 4.14. The van der Waals surface area contributed by atoms with Crippen molar-refractivity contribution in [2.45, 2.75) is 44.6 Å². The third-order valence-corrected chi connectivity index (χ3v) is 4.14. The van der Waals surface area contributed by atoms with Crippen LogP contribution >= 0.6 is 0 Å². The van der Waals surface area contributed by atoms with Crippen molar-refractivity contribution in [1.82, 2.24) is 5.32 Å². The molecule has 1 aromatic carbocycles. The molecule has 1 saturated carbocycles. The summed E-state index contributed by atoms with van der Waals surface area (Å²) in [7, 11) is 0. The van der Waals surface area contributed by atoms with Gasteiger partial charge in [-0.15, -0.1) is 0 Å². The van der Waals surface area contributed by atoms with Crippen molar-refractivity contribution >= 4 is 5.91 Å². The van der Waals surface area contributed by atoms with Crippen LogP contribution in [-0.4, -0.2) is 29.8 Å². The molecule has 0 aliphatic heterocycles. The van der Waals surface area contributed by atoms with Crippen LogP contribution < -0.4 is 10.1 Å². The predicted octanol–water partition coefficient (Wildman–Crippen LogP) is 2.51. The normalized spacial score (nSPS) is 18.2. The quantitative estimate of drug-likeness (QED) is 0.811. The first-order valence-electron chi connectivity index (χ1n) is 7.77. The average Bonchev–Trinajstić information content (AvgIpc) is 2.93. The van der Waals surface area contributed by atoms with Crippen molar-refractivity contribution in [1.29, 1.82) is 0 Å². The topological polar surface area (TPSA) is 58.6 Å². The Bertz CT molecular complexity index is 441. The van der Waals surface area contributed by atoms with Gasteiger partial charge in [-0.25, -0.2) is 0 Å². The van der Waals surface area contributed by atoms with Gasteiger partial charge in [0.1, 0.15) is 5.75 Å². The molecule has 1 atom stereocenters. The van der Waals surface area contributed by atoms with Crippen molar-refractivity contribution < 1.29 is 14.6 Å². The maximum absolute atomic E-state index is 12.0. The van der Waals surface area contributed by atoms with Crippen LogP contribution in [0.5, 0.6) is 5.75 Å². The number of benzene rings is 1. The van der Waals surface area contributed by atoms with E-state index in [2.05, 4.69) is 5.32 Å². The van der Waals surface area contributed by atoms with E-state index in [0.717, 1.165) is 31.4 Å². The number of nitrogens with one attached hydrogen (secondary N) is 1. The van der Waals surface area contributed by atoms with Gasteiger partial charge in [-0.2, -0.15) is 0 Å². The van der Waals surface area contributed by atoms with Gasteiger partial charge in [-0.1, -0.05) is 38.0 Å². The van der Waals surface area contributed by atoms with Crippen LogP contribution in [0.15, 0.2) is 30.3 Å². The minimum Gasteiger partial charge on any atom is -0.494 e. The summed E-state index contributed by atoms with van der Waals surface area (Å²) in [5, 5.41) is 13.1. The minimum atomic E-state index is -0.685. The lowest BCUT2D eigenvalue weighted by molar-refractivity contribution is -0.126. The number of ether oxygens (including phenoxy) is 1. The number of hydrogen-bond acceptors (Lipinski definition) is 3. The molecule has 4 nitrogen and oxygen atoms in total. The Morgan fingerprint density at radius 1 is 1.33 bits per heavy atom. The molecular weight excluding hydrogens is 266 g/mol. The SMILES string of the molecule is CC(CCOc1ccccc1)C(=O)NCC1(O)CCCC1. The highest BCUT2D eigenvalue weighted by atomic mass is 16.5. The van der Waals surface area contributed by atoms with Gasteiger partial charge in [-0.05, 0) is 31.4 Å². The summed E-state index contributed by atoms with van der Waals surface area (Å²) in [6.45, 7) is 2.78. The predicted molar refractivity (Wildman–Crippen MR) is 82.1 cm³/mol. The zero-order chi connectivity index (χ0) is 15.1. The van der Waals surface area contributed by atoms with Crippen molar-refractivity contribution in [2.75, 3.05) is 13.2 Å². The zero-order valence-electron chi connectivity index (χ0n) is 12.7. The molecule has 0 heterocycles. The van der Waals surface area contributed by atoms with Crippen LogP contribution in [0.25, 0.3) is 0 Å². The fourth-order valence-corrected chi connectivity index (χ4v) is 2.64. The van der Waals surface area contributed by atoms with Gasteiger partial charge in [0.25, 0.3) is 0 Å². The molecule has 1 fully saturated rings. The molecule has 0 radical (unpaired) electrons. The second kappa shape index (κ2) is 7.46. The first-order valence-corrected chi connectivity index (χ1v) is 7.77. The molecule has 1 amide bonds. The number of carbonyl (C=O) groups is 1. The lowest BCUT2D eigenvalue weighted by Gasteiger charge is -2.23. The van der Waals surface area contributed by atoms with Gasteiger partial charge < -0.3 is 15.2 Å². The molecule has 0 bridgehead atoms. The van der Waals surface area contributed by atoms with Crippen LogP contribution in [0.4, 0.5) is 0 Å². The van der Waals surface area contributed by atoms with Crippen LogP contribution in [0, 0.1) is 5.92 Å². The summed E-state index contributed by atoms with van der Waals surface area (Å²) >= 11 is 0. The smallest absolute Gasteiger partial charge is 0.223 e. The Morgan fingerprint density at radius 3 is 2.67 bits per heavy atom. The van der Waals surface area contributed by atoms with Crippen LogP contribution in [0.1, 0.15) is 39.0 Å². The lowest BCUT2D eigenvalue weighted by Crippen LogP contribution is -2.42. The van der Waals surface area contributed by atoms with E-state index in [1.807, 2.05) is 37.3 Å². The molecule has 2 N–H and O–H groups in total. The molecule has 4 heteroatoms. The molecule has 21 heavy (non-hydrogen) atoms. The number of amides is 1. The van der Waals surface area contributed by atoms with E-state index < -0.39 is 5.60 Å². The molecule has 1 aliphatic rings. The van der Waals surface area contributed by atoms with E-state index in [1.165, 1.54) is 0 Å². The number of carbonyl (C=O) groups excluding carboxylic acids is 1. The maximum atomic E-state index is 12.0. The zero-order valence-corrected chi connectivity index (χ0v) is 12.7. The van der Waals surface area contributed by atoms with Gasteiger partial charge in [-0.3, -0.25) is 4.79 Å². The highest BCUT2D eigenvalue weighted by Gasteiger charge is 2.31. The Balaban J connectivity index is 1.65. The Morgan fingerprint density at radius 2 is 2.00 bits per heavy atom. The summed E-state index contributed by atoms with van der Waals surface area (Å²) < 4.78 is 5.60. The number of hydrogen-bond donors (Lipinski definition) is 2. The van der Waals surface area contributed by atoms with E-state index in [4.69, 9.17) is 4.74 Å². The third kappa shape index (κ3) is 5.05. The fraction of sp³-hybridized carbons (Fsp3) is 0.588. The molecule has 1 aromatic rings. The molecule has 0 saturated heterocycles. The first-order chi connectivity index (χ1) is 10.1. The number of aliphatic hydroxyl groups is 1. The minimum absolute atomic E-state index is 0.00742. The van der Waals surface area contributed by atoms with Crippen LogP contribution in [-0.2, 0) is 4.79 Å². The Hall–Kier alpha value is -1.55. The van der Waals surface area contributed by atoms with Crippen LogP contribution in [0.2, 0.25) is 0 Å². The Labute approximate surface area is 126 Å². The molecule has 0 aromatic heterocycles. The van der Waals surface area contributed by atoms with Gasteiger partial charge >= 0.3 is 0 Å². The molecule has 1 aliphatic carbocycles. The largest absolute Gasteiger partial charge is 0.494 e. The average molecular weight is 291 g/mol. The highest BCUT2D eigenvalue weighted by molar-refractivity contribution is 5.78. The molecular formula is C17H25NO3. The summed E-state index contributed by atoms with van der Waals surface area (Å²) in [5.41, 5.74) is -0.685. The van der Waals surface area contributed by atoms with Crippen molar-refractivity contribution in [2.24, 2.45) is 5.92 Å². The number of rotatable bonds is 7. The van der Waals surface area contributed by atoms with Gasteiger partial charge in [0, 0.05) is 12.5 Å². The lowest BCUT2D eigenvalue weighted by atomic mass is 10.0. The molecule has 116 valence electrons. The van der Waals surface area contributed by atoms with Crippen molar-refractivity contribution in [3.8, 4) is 5.75 Å². The van der Waals surface area contributed by atoms with E-state index in [-0.39, 0.29) is 11.8 Å². The maximum Gasteiger partial charge on any atom is 0.223 e. The van der Waals surface area contributed by atoms with E-state index in [1.54, 1.807) is 0 Å². The highest BCUT2D eigenvalue weighted by Crippen LogP contribution is 2.28.